The third kappa shape index (κ3) is 2.98. The van der Waals surface area contributed by atoms with E-state index in [4.69, 9.17) is 9.47 Å². The van der Waals surface area contributed by atoms with Crippen molar-refractivity contribution in [2.24, 2.45) is 5.92 Å². The van der Waals surface area contributed by atoms with Gasteiger partial charge >= 0.3 is 0 Å². The zero-order valence-electron chi connectivity index (χ0n) is 14.4. The number of anilines is 1. The largest absolute Gasteiger partial charge is 0.493 e. The maximum absolute atomic E-state index is 12.8. The number of nitrogens with zero attached hydrogens (tertiary/aromatic N) is 2. The van der Waals surface area contributed by atoms with Crippen LogP contribution in [0.3, 0.4) is 0 Å². The predicted molar refractivity (Wildman–Crippen MR) is 90.4 cm³/mol. The zero-order valence-corrected chi connectivity index (χ0v) is 14.4. The topological polar surface area (TPSA) is 59.1 Å². The van der Waals surface area contributed by atoms with Gasteiger partial charge in [-0.2, -0.15) is 0 Å². The summed E-state index contributed by atoms with van der Waals surface area (Å²) in [6.45, 7) is 3.99. The van der Waals surface area contributed by atoms with E-state index in [1.54, 1.807) is 25.3 Å². The summed E-state index contributed by atoms with van der Waals surface area (Å²) in [7, 11) is 3.09. The van der Waals surface area contributed by atoms with Crippen LogP contribution in [0, 0.1) is 5.92 Å². The Balaban J connectivity index is 1.82. The molecule has 2 aliphatic rings. The summed E-state index contributed by atoms with van der Waals surface area (Å²) in [5.74, 6) is 1.47. The minimum absolute atomic E-state index is 0.137. The van der Waals surface area contributed by atoms with Crippen LogP contribution in [0.5, 0.6) is 11.5 Å². The van der Waals surface area contributed by atoms with Crippen LogP contribution in [0.1, 0.15) is 26.2 Å². The van der Waals surface area contributed by atoms with Gasteiger partial charge in [-0.05, 0) is 44.0 Å². The van der Waals surface area contributed by atoms with E-state index in [1.807, 2.05) is 0 Å². The Morgan fingerprint density at radius 1 is 1.04 bits per heavy atom. The van der Waals surface area contributed by atoms with E-state index in [-0.39, 0.29) is 24.3 Å². The van der Waals surface area contributed by atoms with E-state index < -0.39 is 0 Å². The Morgan fingerprint density at radius 3 is 2.33 bits per heavy atom. The zero-order chi connectivity index (χ0) is 17.3. The Kier molecular flexibility index (Phi) is 4.76. The monoisotopic (exact) mass is 332 g/mol. The average molecular weight is 332 g/mol. The lowest BCUT2D eigenvalue weighted by atomic mass is 9.97. The molecule has 0 N–H and O–H groups in total. The fourth-order valence-corrected chi connectivity index (χ4v) is 3.48. The molecule has 0 saturated carbocycles. The Bertz CT molecular complexity index is 638. The van der Waals surface area contributed by atoms with Crippen LogP contribution in [0.4, 0.5) is 5.69 Å². The highest BCUT2D eigenvalue weighted by Gasteiger charge is 2.43. The highest BCUT2D eigenvalue weighted by Crippen LogP contribution is 2.34. The molecule has 0 aromatic heterocycles. The third-order valence-corrected chi connectivity index (χ3v) is 5.01. The molecule has 130 valence electrons. The predicted octanol–water partition coefficient (Wildman–Crippen LogP) is 2.07. The first-order valence-electron chi connectivity index (χ1n) is 8.38. The normalized spacial score (nSPS) is 23.0. The molecule has 6 heteroatoms. The van der Waals surface area contributed by atoms with Crippen molar-refractivity contribution < 1.29 is 19.1 Å². The van der Waals surface area contributed by atoms with Gasteiger partial charge < -0.3 is 9.47 Å². The lowest BCUT2D eigenvalue weighted by molar-refractivity contribution is -0.123. The SMILES string of the molecule is COc1ccc(N2C(=O)C[C@H](N3CCC(C)CC3)C2=O)cc1OC. The fourth-order valence-electron chi connectivity index (χ4n) is 3.48. The molecule has 0 unspecified atom stereocenters. The van der Waals surface area contributed by atoms with Crippen LogP contribution < -0.4 is 14.4 Å². The molecule has 2 aliphatic heterocycles. The van der Waals surface area contributed by atoms with E-state index in [1.165, 1.54) is 12.0 Å². The molecule has 2 heterocycles. The average Bonchev–Trinajstić information content (AvgIpc) is 2.89. The van der Waals surface area contributed by atoms with Gasteiger partial charge in [-0.3, -0.25) is 14.5 Å². The number of amides is 2. The number of methoxy groups -OCH3 is 2. The molecule has 0 aliphatic carbocycles. The van der Waals surface area contributed by atoms with E-state index in [9.17, 15) is 9.59 Å². The van der Waals surface area contributed by atoms with Crippen LogP contribution in [0.25, 0.3) is 0 Å². The molecule has 2 amide bonds. The highest BCUT2D eigenvalue weighted by atomic mass is 16.5. The summed E-state index contributed by atoms with van der Waals surface area (Å²) in [6, 6.07) is 4.77. The quantitative estimate of drug-likeness (QED) is 0.790. The number of carbonyl (C=O) groups is 2. The summed E-state index contributed by atoms with van der Waals surface area (Å²) in [4.78, 5) is 28.7. The molecule has 1 aromatic rings. The Hall–Kier alpha value is -2.08. The van der Waals surface area contributed by atoms with Crippen molar-refractivity contribution in [3.63, 3.8) is 0 Å². The van der Waals surface area contributed by atoms with Gasteiger partial charge in [0, 0.05) is 6.07 Å². The minimum atomic E-state index is -0.335. The Morgan fingerprint density at radius 2 is 1.71 bits per heavy atom. The summed E-state index contributed by atoms with van der Waals surface area (Å²) in [5, 5.41) is 0. The lowest BCUT2D eigenvalue weighted by Crippen LogP contribution is -2.45. The Labute approximate surface area is 142 Å². The summed E-state index contributed by atoms with van der Waals surface area (Å²) < 4.78 is 10.5. The van der Waals surface area contributed by atoms with Crippen LogP contribution in [0.15, 0.2) is 18.2 Å². The summed E-state index contributed by atoms with van der Waals surface area (Å²) in [6.07, 6.45) is 2.41. The fraction of sp³-hybridized carbons (Fsp3) is 0.556. The van der Waals surface area contributed by atoms with Crippen molar-refractivity contribution in [3.8, 4) is 11.5 Å². The molecule has 1 atom stereocenters. The van der Waals surface area contributed by atoms with Crippen molar-refractivity contribution in [3.05, 3.63) is 18.2 Å². The van der Waals surface area contributed by atoms with E-state index in [2.05, 4.69) is 11.8 Å². The number of carbonyl (C=O) groups excluding carboxylic acids is 2. The number of ether oxygens (including phenoxy) is 2. The molecule has 0 spiro atoms. The molecule has 3 rings (SSSR count). The minimum Gasteiger partial charge on any atom is -0.493 e. The molecule has 0 bridgehead atoms. The van der Waals surface area contributed by atoms with Crippen molar-refractivity contribution in [2.75, 3.05) is 32.2 Å². The van der Waals surface area contributed by atoms with E-state index >= 15 is 0 Å². The van der Waals surface area contributed by atoms with E-state index in [0.717, 1.165) is 25.9 Å². The molecular weight excluding hydrogens is 308 g/mol. The number of piperidine rings is 1. The second-order valence-electron chi connectivity index (χ2n) is 6.55. The third-order valence-electron chi connectivity index (χ3n) is 5.01. The van der Waals surface area contributed by atoms with E-state index in [0.29, 0.717) is 23.1 Å². The molecule has 6 nitrogen and oxygen atoms in total. The molecule has 2 fully saturated rings. The molecule has 24 heavy (non-hydrogen) atoms. The van der Waals surface area contributed by atoms with Crippen molar-refractivity contribution in [2.45, 2.75) is 32.2 Å². The number of benzene rings is 1. The summed E-state index contributed by atoms with van der Waals surface area (Å²) >= 11 is 0. The number of hydrogen-bond acceptors (Lipinski definition) is 5. The second kappa shape index (κ2) is 6.81. The van der Waals surface area contributed by atoms with Gasteiger partial charge in [0.25, 0.3) is 5.91 Å². The van der Waals surface area contributed by atoms with Gasteiger partial charge in [0.05, 0.1) is 32.4 Å². The van der Waals surface area contributed by atoms with Crippen LogP contribution in [-0.4, -0.2) is 50.1 Å². The van der Waals surface area contributed by atoms with Gasteiger partial charge in [0.15, 0.2) is 11.5 Å². The summed E-state index contributed by atoms with van der Waals surface area (Å²) in [5.41, 5.74) is 0.538. The first kappa shape index (κ1) is 16.8. The first-order valence-corrected chi connectivity index (χ1v) is 8.38. The van der Waals surface area contributed by atoms with Crippen molar-refractivity contribution >= 4 is 17.5 Å². The highest BCUT2D eigenvalue weighted by molar-refractivity contribution is 6.22. The van der Waals surface area contributed by atoms with Gasteiger partial charge in [0.1, 0.15) is 0 Å². The molecule has 1 aromatic carbocycles. The second-order valence-corrected chi connectivity index (χ2v) is 6.55. The van der Waals surface area contributed by atoms with Crippen molar-refractivity contribution in [1.29, 1.82) is 0 Å². The van der Waals surface area contributed by atoms with Crippen LogP contribution in [-0.2, 0) is 9.59 Å². The number of likely N-dealkylation sites (tertiary alicyclic amines) is 1. The maximum atomic E-state index is 12.8. The maximum Gasteiger partial charge on any atom is 0.251 e. The number of imide groups is 1. The van der Waals surface area contributed by atoms with Crippen LogP contribution in [0.2, 0.25) is 0 Å². The van der Waals surface area contributed by atoms with Gasteiger partial charge in [0.2, 0.25) is 5.91 Å². The molecular formula is C18H24N2O4. The number of rotatable bonds is 4. The first-order chi connectivity index (χ1) is 11.5. The van der Waals surface area contributed by atoms with Gasteiger partial charge in [-0.15, -0.1) is 0 Å². The van der Waals surface area contributed by atoms with Crippen molar-refractivity contribution in [1.82, 2.24) is 4.90 Å². The van der Waals surface area contributed by atoms with Gasteiger partial charge in [-0.1, -0.05) is 6.92 Å². The number of hydrogen-bond donors (Lipinski definition) is 0. The van der Waals surface area contributed by atoms with Gasteiger partial charge in [-0.25, -0.2) is 4.90 Å². The van der Waals surface area contributed by atoms with Crippen LogP contribution >= 0.6 is 0 Å². The lowest BCUT2D eigenvalue weighted by Gasteiger charge is -2.33. The molecule has 2 saturated heterocycles. The smallest absolute Gasteiger partial charge is 0.251 e. The molecule has 0 radical (unpaired) electrons. The standard InChI is InChI=1S/C18H24N2O4/c1-12-6-8-19(9-7-12)14-11-17(21)20(18(14)22)13-4-5-15(23-2)16(10-13)24-3/h4-5,10,12,14H,6-9,11H2,1-3H3/t14-/m0/s1.